The zero-order valence-corrected chi connectivity index (χ0v) is 23.5. The number of nitrogens with zero attached hydrogens (tertiary/aromatic N) is 4. The molecule has 0 unspecified atom stereocenters. The lowest BCUT2D eigenvalue weighted by Gasteiger charge is -2.33. The molecule has 1 aromatic heterocycles. The number of nitrogens with one attached hydrogen (secondary N) is 1. The minimum atomic E-state index is -0.960. The molecule has 3 aromatic carbocycles. The van der Waals surface area contributed by atoms with Gasteiger partial charge in [0.2, 0.25) is 11.8 Å². The molecule has 1 aliphatic carbocycles. The summed E-state index contributed by atoms with van der Waals surface area (Å²) in [6.45, 7) is 3.80. The molecule has 2 amide bonds. The third-order valence-corrected chi connectivity index (χ3v) is 7.49. The van der Waals surface area contributed by atoms with Gasteiger partial charge in [-0.15, -0.1) is 5.10 Å². The van der Waals surface area contributed by atoms with Gasteiger partial charge in [-0.05, 0) is 80.8 Å². The van der Waals surface area contributed by atoms with E-state index in [0.29, 0.717) is 34.7 Å². The summed E-state index contributed by atoms with van der Waals surface area (Å²) in [6, 6.07) is 20.6. The molecule has 0 aliphatic heterocycles. The summed E-state index contributed by atoms with van der Waals surface area (Å²) in [5.74, 6) is 0.00416. The van der Waals surface area contributed by atoms with Crippen LogP contribution in [0.2, 0.25) is 0 Å². The Hall–Kier alpha value is -4.53. The van der Waals surface area contributed by atoms with E-state index in [-0.39, 0.29) is 30.2 Å². The second-order valence-corrected chi connectivity index (χ2v) is 10.4. The number of Topliss-reactive ketones (excluding diaryl/α,β-unsaturated/α-hetero) is 1. The lowest BCUT2D eigenvalue weighted by atomic mass is 9.94. The summed E-state index contributed by atoms with van der Waals surface area (Å²) in [6.07, 6.45) is 5.11. The number of ketones is 1. The first-order valence-corrected chi connectivity index (χ1v) is 14.2. The summed E-state index contributed by atoms with van der Waals surface area (Å²) in [5.41, 5.74) is 3.07. The number of aromatic nitrogens is 3. The van der Waals surface area contributed by atoms with E-state index < -0.39 is 6.04 Å². The number of carbonyl (C=O) groups excluding carboxylic acids is 3. The van der Waals surface area contributed by atoms with E-state index >= 15 is 0 Å². The van der Waals surface area contributed by atoms with Crippen LogP contribution < -0.4 is 15.0 Å². The van der Waals surface area contributed by atoms with E-state index in [9.17, 15) is 14.4 Å². The molecule has 1 N–H and O–H groups in total. The lowest BCUT2D eigenvalue weighted by Crippen LogP contribution is -2.48. The van der Waals surface area contributed by atoms with Gasteiger partial charge in [0.15, 0.2) is 5.78 Å². The Morgan fingerprint density at radius 2 is 1.68 bits per heavy atom. The van der Waals surface area contributed by atoms with E-state index in [1.807, 2.05) is 55.5 Å². The minimum Gasteiger partial charge on any atom is -0.494 e. The molecule has 0 spiro atoms. The van der Waals surface area contributed by atoms with Gasteiger partial charge in [-0.3, -0.25) is 19.3 Å². The zero-order chi connectivity index (χ0) is 28.8. The predicted molar refractivity (Wildman–Crippen MR) is 157 cm³/mol. The molecule has 0 radical (unpaired) electrons. The van der Waals surface area contributed by atoms with Gasteiger partial charge in [-0.2, -0.15) is 0 Å². The van der Waals surface area contributed by atoms with Crippen LogP contribution >= 0.6 is 0 Å². The van der Waals surface area contributed by atoms with E-state index in [4.69, 9.17) is 4.74 Å². The summed E-state index contributed by atoms with van der Waals surface area (Å²) >= 11 is 0. The Kier molecular flexibility index (Phi) is 8.72. The second-order valence-electron chi connectivity index (χ2n) is 10.4. The largest absolute Gasteiger partial charge is 0.494 e. The SMILES string of the molecule is CCOc1ccc([C@@H](C(=O)NC2CCCCC2)N(C(=O)Cn2nnc3ccccc32)c2ccc(C(C)=O)cc2)cc1. The van der Waals surface area contributed by atoms with Crippen LogP contribution in [0.4, 0.5) is 5.69 Å². The van der Waals surface area contributed by atoms with E-state index in [2.05, 4.69) is 15.6 Å². The molecular formula is C32H35N5O4. The highest BCUT2D eigenvalue weighted by atomic mass is 16.5. The van der Waals surface area contributed by atoms with Crippen molar-refractivity contribution >= 4 is 34.3 Å². The van der Waals surface area contributed by atoms with Crippen molar-refractivity contribution in [2.75, 3.05) is 11.5 Å². The summed E-state index contributed by atoms with van der Waals surface area (Å²) < 4.78 is 7.17. The fourth-order valence-electron chi connectivity index (χ4n) is 5.39. The number of fused-ring (bicyclic) bond motifs is 1. The molecule has 9 nitrogen and oxygen atoms in total. The van der Waals surface area contributed by atoms with Gasteiger partial charge in [0.05, 0.1) is 12.1 Å². The molecule has 1 atom stereocenters. The van der Waals surface area contributed by atoms with Gasteiger partial charge in [0.1, 0.15) is 23.9 Å². The fraction of sp³-hybridized carbons (Fsp3) is 0.344. The number of anilines is 1. The van der Waals surface area contributed by atoms with Gasteiger partial charge in [0.25, 0.3) is 0 Å². The molecule has 0 saturated heterocycles. The average Bonchev–Trinajstić information content (AvgIpc) is 3.39. The molecule has 41 heavy (non-hydrogen) atoms. The number of carbonyl (C=O) groups is 3. The first kappa shape index (κ1) is 28.0. The Morgan fingerprint density at radius 1 is 0.976 bits per heavy atom. The maximum Gasteiger partial charge on any atom is 0.249 e. The molecule has 1 heterocycles. The predicted octanol–water partition coefficient (Wildman–Crippen LogP) is 5.26. The van der Waals surface area contributed by atoms with Gasteiger partial charge >= 0.3 is 0 Å². The highest BCUT2D eigenvalue weighted by Gasteiger charge is 2.34. The lowest BCUT2D eigenvalue weighted by molar-refractivity contribution is -0.127. The number of benzene rings is 3. The van der Waals surface area contributed by atoms with Crippen molar-refractivity contribution in [3.05, 3.63) is 83.9 Å². The third-order valence-electron chi connectivity index (χ3n) is 7.49. The maximum absolute atomic E-state index is 14.2. The van der Waals surface area contributed by atoms with Crippen molar-refractivity contribution in [3.8, 4) is 5.75 Å². The highest BCUT2D eigenvalue weighted by molar-refractivity contribution is 6.02. The van der Waals surface area contributed by atoms with Crippen molar-refractivity contribution in [3.63, 3.8) is 0 Å². The van der Waals surface area contributed by atoms with Gasteiger partial charge in [-0.25, -0.2) is 4.68 Å². The average molecular weight is 554 g/mol. The van der Waals surface area contributed by atoms with Crippen LogP contribution in [0.25, 0.3) is 11.0 Å². The van der Waals surface area contributed by atoms with Crippen LogP contribution in [0, 0.1) is 0 Å². The number of hydrogen-bond acceptors (Lipinski definition) is 6. The standard InChI is InChI=1S/C32H35N5O4/c1-3-41-27-19-15-24(16-20-27)31(32(40)33-25-9-5-4-6-10-25)37(26-17-13-23(14-18-26)22(2)38)30(39)21-36-29-12-8-7-11-28(29)34-35-36/h7-8,11-20,25,31H,3-6,9-10,21H2,1-2H3,(H,33,40)/t31-/m0/s1. The van der Waals surface area contributed by atoms with Gasteiger partial charge < -0.3 is 10.1 Å². The number of ether oxygens (including phenoxy) is 1. The molecule has 5 rings (SSSR count). The van der Waals surface area contributed by atoms with Crippen LogP contribution in [0.1, 0.15) is 67.9 Å². The quantitative estimate of drug-likeness (QED) is 0.269. The molecule has 212 valence electrons. The second kappa shape index (κ2) is 12.8. The molecule has 4 aromatic rings. The van der Waals surface area contributed by atoms with Crippen molar-refractivity contribution in [1.82, 2.24) is 20.3 Å². The van der Waals surface area contributed by atoms with Crippen LogP contribution in [-0.2, 0) is 16.1 Å². The monoisotopic (exact) mass is 553 g/mol. The number of rotatable bonds is 10. The Labute approximate surface area is 239 Å². The van der Waals surface area contributed by atoms with Crippen LogP contribution in [0.15, 0.2) is 72.8 Å². The smallest absolute Gasteiger partial charge is 0.249 e. The van der Waals surface area contributed by atoms with E-state index in [1.54, 1.807) is 28.9 Å². The zero-order valence-electron chi connectivity index (χ0n) is 23.5. The topological polar surface area (TPSA) is 106 Å². The van der Waals surface area contributed by atoms with Crippen molar-refractivity contribution < 1.29 is 19.1 Å². The van der Waals surface area contributed by atoms with Crippen LogP contribution in [0.3, 0.4) is 0 Å². The number of hydrogen-bond donors (Lipinski definition) is 1. The molecule has 9 heteroatoms. The van der Waals surface area contributed by atoms with Crippen molar-refractivity contribution in [1.29, 1.82) is 0 Å². The van der Waals surface area contributed by atoms with Crippen LogP contribution in [0.5, 0.6) is 5.75 Å². The summed E-state index contributed by atoms with van der Waals surface area (Å²) in [5, 5.41) is 11.6. The normalized spacial score (nSPS) is 14.4. The Balaban J connectivity index is 1.57. The molecule has 1 saturated carbocycles. The molecule has 0 bridgehead atoms. The van der Waals surface area contributed by atoms with E-state index in [1.165, 1.54) is 11.8 Å². The summed E-state index contributed by atoms with van der Waals surface area (Å²) in [4.78, 5) is 41.8. The third kappa shape index (κ3) is 6.45. The Bertz CT molecular complexity index is 1510. The van der Waals surface area contributed by atoms with Gasteiger partial charge in [0, 0.05) is 17.3 Å². The first-order chi connectivity index (χ1) is 19.9. The molecular weight excluding hydrogens is 518 g/mol. The molecule has 1 aliphatic rings. The fourth-order valence-corrected chi connectivity index (χ4v) is 5.39. The highest BCUT2D eigenvalue weighted by Crippen LogP contribution is 2.31. The number of amides is 2. The van der Waals surface area contributed by atoms with Crippen molar-refractivity contribution in [2.24, 2.45) is 0 Å². The molecule has 1 fully saturated rings. The van der Waals surface area contributed by atoms with Gasteiger partial charge in [-0.1, -0.05) is 48.7 Å². The van der Waals surface area contributed by atoms with E-state index in [0.717, 1.165) is 37.6 Å². The minimum absolute atomic E-state index is 0.0535. The first-order valence-electron chi connectivity index (χ1n) is 14.2. The maximum atomic E-state index is 14.2. The Morgan fingerprint density at radius 3 is 2.37 bits per heavy atom. The summed E-state index contributed by atoms with van der Waals surface area (Å²) in [7, 11) is 0. The number of para-hydroxylation sites is 1. The van der Waals surface area contributed by atoms with Crippen LogP contribution in [-0.4, -0.2) is 45.2 Å². The van der Waals surface area contributed by atoms with Crippen molar-refractivity contribution in [2.45, 2.75) is 64.6 Å².